The number of halogens is 1. The van der Waals surface area contributed by atoms with Crippen LogP contribution in [0, 0.1) is 0 Å². The number of ether oxygens (including phenoxy) is 2. The van der Waals surface area contributed by atoms with Gasteiger partial charge >= 0.3 is 0 Å². The van der Waals surface area contributed by atoms with Gasteiger partial charge in [-0.25, -0.2) is 0 Å². The molecule has 1 fully saturated rings. The van der Waals surface area contributed by atoms with Gasteiger partial charge in [-0.1, -0.05) is 0 Å². The molecule has 5 nitrogen and oxygen atoms in total. The molecule has 1 atom stereocenters. The van der Waals surface area contributed by atoms with E-state index in [2.05, 4.69) is 10.3 Å². The highest BCUT2D eigenvalue weighted by atomic mass is 127. The van der Waals surface area contributed by atoms with Crippen LogP contribution in [0.15, 0.2) is 4.99 Å². The minimum Gasteiger partial charge on any atom is -0.379 e. The van der Waals surface area contributed by atoms with E-state index < -0.39 is 0 Å². The highest BCUT2D eigenvalue weighted by Gasteiger charge is 2.14. The van der Waals surface area contributed by atoms with E-state index in [0.29, 0.717) is 6.10 Å². The monoisotopic (exact) mass is 371 g/mol. The van der Waals surface area contributed by atoms with Gasteiger partial charge in [0.25, 0.3) is 0 Å². The third-order valence-electron chi connectivity index (χ3n) is 2.71. The van der Waals surface area contributed by atoms with Crippen LogP contribution in [0.3, 0.4) is 0 Å². The topological polar surface area (TPSA) is 46.1 Å². The molecule has 0 aromatic heterocycles. The van der Waals surface area contributed by atoms with Gasteiger partial charge < -0.3 is 19.7 Å². The molecule has 0 saturated carbocycles. The van der Waals surface area contributed by atoms with E-state index in [-0.39, 0.29) is 24.0 Å². The molecule has 108 valence electrons. The van der Waals surface area contributed by atoms with Crippen molar-refractivity contribution in [2.24, 2.45) is 4.99 Å². The minimum absolute atomic E-state index is 0. The zero-order valence-corrected chi connectivity index (χ0v) is 14.0. The standard InChI is InChI=1S/C12H25N3O2.HI/c1-13-12(15(2)3)14-7-5-8-16-10-11-6-4-9-17-11;/h11H,4-10H2,1-3H3,(H,13,14);1H. The maximum atomic E-state index is 5.58. The molecule has 0 aliphatic carbocycles. The van der Waals surface area contributed by atoms with Gasteiger partial charge in [-0.2, -0.15) is 0 Å². The van der Waals surface area contributed by atoms with Crippen LogP contribution in [0.25, 0.3) is 0 Å². The molecule has 1 heterocycles. The summed E-state index contributed by atoms with van der Waals surface area (Å²) in [5, 5.41) is 3.26. The van der Waals surface area contributed by atoms with Crippen LogP contribution < -0.4 is 5.32 Å². The Morgan fingerprint density at radius 2 is 2.28 bits per heavy atom. The first kappa shape index (κ1) is 17.9. The zero-order valence-electron chi connectivity index (χ0n) is 11.6. The average molecular weight is 371 g/mol. The fourth-order valence-corrected chi connectivity index (χ4v) is 1.80. The van der Waals surface area contributed by atoms with Crippen molar-refractivity contribution in [1.29, 1.82) is 0 Å². The quantitative estimate of drug-likeness (QED) is 0.331. The number of hydrogen-bond acceptors (Lipinski definition) is 3. The fourth-order valence-electron chi connectivity index (χ4n) is 1.80. The van der Waals surface area contributed by atoms with E-state index >= 15 is 0 Å². The van der Waals surface area contributed by atoms with Crippen LogP contribution in [0.2, 0.25) is 0 Å². The van der Waals surface area contributed by atoms with Gasteiger partial charge in [0.1, 0.15) is 0 Å². The predicted octanol–water partition coefficient (Wildman–Crippen LogP) is 1.33. The molecule has 1 saturated heterocycles. The Hall–Kier alpha value is -0.0800. The summed E-state index contributed by atoms with van der Waals surface area (Å²) in [5.41, 5.74) is 0. The summed E-state index contributed by atoms with van der Waals surface area (Å²) in [6.45, 7) is 3.30. The number of aliphatic imine (C=N–C) groups is 1. The fraction of sp³-hybridized carbons (Fsp3) is 0.917. The normalized spacial score (nSPS) is 19.5. The maximum Gasteiger partial charge on any atom is 0.193 e. The average Bonchev–Trinajstić information content (AvgIpc) is 2.80. The first-order chi connectivity index (χ1) is 8.24. The van der Waals surface area contributed by atoms with Gasteiger partial charge in [0.05, 0.1) is 12.7 Å². The lowest BCUT2D eigenvalue weighted by Gasteiger charge is -2.16. The first-order valence-electron chi connectivity index (χ1n) is 6.31. The summed E-state index contributed by atoms with van der Waals surface area (Å²) in [4.78, 5) is 6.10. The molecule has 0 aromatic rings. The van der Waals surface area contributed by atoms with Crippen molar-refractivity contribution in [3.63, 3.8) is 0 Å². The maximum absolute atomic E-state index is 5.58. The molecular weight excluding hydrogens is 345 g/mol. The second-order valence-electron chi connectivity index (χ2n) is 4.43. The third kappa shape index (κ3) is 7.38. The Morgan fingerprint density at radius 1 is 1.50 bits per heavy atom. The van der Waals surface area contributed by atoms with Crippen molar-refractivity contribution in [2.45, 2.75) is 25.4 Å². The molecule has 1 N–H and O–H groups in total. The SMILES string of the molecule is CN=C(NCCCOCC1CCCO1)N(C)C.I. The Labute approximate surface area is 127 Å². The molecule has 0 amide bonds. The predicted molar refractivity (Wildman–Crippen MR) is 84.9 cm³/mol. The van der Waals surface area contributed by atoms with Gasteiger partial charge in [0, 0.05) is 40.9 Å². The molecule has 1 unspecified atom stereocenters. The van der Waals surface area contributed by atoms with Gasteiger partial charge in [-0.3, -0.25) is 4.99 Å². The van der Waals surface area contributed by atoms with E-state index in [4.69, 9.17) is 9.47 Å². The number of hydrogen-bond donors (Lipinski definition) is 1. The summed E-state index contributed by atoms with van der Waals surface area (Å²) >= 11 is 0. The second kappa shape index (κ2) is 10.8. The van der Waals surface area contributed by atoms with Crippen LogP contribution in [-0.2, 0) is 9.47 Å². The molecule has 6 heteroatoms. The van der Waals surface area contributed by atoms with E-state index in [1.54, 1.807) is 7.05 Å². The third-order valence-corrected chi connectivity index (χ3v) is 2.71. The molecule has 0 aromatic carbocycles. The molecule has 1 aliphatic heterocycles. The Bertz CT molecular complexity index is 231. The lowest BCUT2D eigenvalue weighted by molar-refractivity contribution is 0.0168. The van der Waals surface area contributed by atoms with Gasteiger partial charge in [-0.05, 0) is 19.3 Å². The Balaban J connectivity index is 0.00000289. The molecule has 0 bridgehead atoms. The van der Waals surface area contributed by atoms with Crippen molar-refractivity contribution in [2.75, 3.05) is 47.5 Å². The largest absolute Gasteiger partial charge is 0.379 e. The van der Waals surface area contributed by atoms with Crippen LogP contribution in [-0.4, -0.2) is 64.5 Å². The summed E-state index contributed by atoms with van der Waals surface area (Å²) in [7, 11) is 5.74. The Morgan fingerprint density at radius 3 is 2.83 bits per heavy atom. The number of rotatable bonds is 6. The number of nitrogens with zero attached hydrogens (tertiary/aromatic N) is 2. The highest BCUT2D eigenvalue weighted by Crippen LogP contribution is 2.11. The van der Waals surface area contributed by atoms with Gasteiger partial charge in [0.15, 0.2) is 5.96 Å². The van der Waals surface area contributed by atoms with Crippen LogP contribution in [0.1, 0.15) is 19.3 Å². The molecular formula is C12H26IN3O2. The van der Waals surface area contributed by atoms with Crippen molar-refractivity contribution < 1.29 is 9.47 Å². The highest BCUT2D eigenvalue weighted by molar-refractivity contribution is 14.0. The van der Waals surface area contributed by atoms with Gasteiger partial charge in [0.2, 0.25) is 0 Å². The van der Waals surface area contributed by atoms with E-state index in [1.165, 1.54) is 6.42 Å². The smallest absolute Gasteiger partial charge is 0.193 e. The second-order valence-corrected chi connectivity index (χ2v) is 4.43. The van der Waals surface area contributed by atoms with Crippen molar-refractivity contribution in [3.05, 3.63) is 0 Å². The summed E-state index contributed by atoms with van der Waals surface area (Å²) in [6, 6.07) is 0. The van der Waals surface area contributed by atoms with Crippen LogP contribution in [0.5, 0.6) is 0 Å². The van der Waals surface area contributed by atoms with E-state index in [9.17, 15) is 0 Å². The Kier molecular flexibility index (Phi) is 10.8. The molecule has 0 spiro atoms. The first-order valence-corrected chi connectivity index (χ1v) is 6.31. The zero-order chi connectivity index (χ0) is 12.5. The number of guanidine groups is 1. The van der Waals surface area contributed by atoms with Crippen LogP contribution >= 0.6 is 24.0 Å². The lowest BCUT2D eigenvalue weighted by Crippen LogP contribution is -2.37. The molecule has 18 heavy (non-hydrogen) atoms. The number of nitrogens with one attached hydrogen (secondary N) is 1. The minimum atomic E-state index is 0. The van der Waals surface area contributed by atoms with Crippen LogP contribution in [0.4, 0.5) is 0 Å². The van der Waals surface area contributed by atoms with E-state index in [1.807, 2.05) is 19.0 Å². The van der Waals surface area contributed by atoms with Gasteiger partial charge in [-0.15, -0.1) is 24.0 Å². The summed E-state index contributed by atoms with van der Waals surface area (Å²) in [6.07, 6.45) is 3.64. The van der Waals surface area contributed by atoms with Crippen molar-refractivity contribution in [3.8, 4) is 0 Å². The van der Waals surface area contributed by atoms with Crippen molar-refractivity contribution >= 4 is 29.9 Å². The molecule has 1 aliphatic rings. The molecule has 1 rings (SSSR count). The van der Waals surface area contributed by atoms with Crippen molar-refractivity contribution in [1.82, 2.24) is 10.2 Å². The summed E-state index contributed by atoms with van der Waals surface area (Å²) < 4.78 is 11.1. The summed E-state index contributed by atoms with van der Waals surface area (Å²) in [5.74, 6) is 0.907. The molecule has 0 radical (unpaired) electrons. The lowest BCUT2D eigenvalue weighted by atomic mass is 10.2. The van der Waals surface area contributed by atoms with E-state index in [0.717, 1.165) is 45.2 Å².